The Kier molecular flexibility index (Phi) is 5.16. The lowest BCUT2D eigenvalue weighted by Gasteiger charge is -2.54. The Bertz CT molecular complexity index is 1150. The van der Waals surface area contributed by atoms with Crippen LogP contribution in [0.2, 0.25) is 0 Å². The highest BCUT2D eigenvalue weighted by atomic mass is 32.3. The number of fused-ring (bicyclic) bond motifs is 1. The van der Waals surface area contributed by atoms with Crippen molar-refractivity contribution in [2.75, 3.05) is 11.5 Å². The van der Waals surface area contributed by atoms with Crippen molar-refractivity contribution in [3.8, 4) is 17.3 Å². The van der Waals surface area contributed by atoms with Crippen LogP contribution in [0, 0.1) is 17.2 Å². The van der Waals surface area contributed by atoms with Crippen LogP contribution in [0.3, 0.4) is 0 Å². The zero-order chi connectivity index (χ0) is 23.6. The lowest BCUT2D eigenvalue weighted by Crippen LogP contribution is -2.62. The average molecular weight is 469 g/mol. The van der Waals surface area contributed by atoms with Crippen molar-refractivity contribution < 1.29 is 13.9 Å². The van der Waals surface area contributed by atoms with Gasteiger partial charge in [-0.15, -0.1) is 0 Å². The van der Waals surface area contributed by atoms with E-state index in [-0.39, 0.29) is 34.8 Å². The molecule has 1 saturated carbocycles. The molecule has 1 amide bonds. The molecule has 1 aromatic heterocycles. The van der Waals surface area contributed by atoms with Crippen LogP contribution >= 0.6 is 10.6 Å². The number of nitrogens with one attached hydrogen (secondary N) is 1. The molecule has 3 aliphatic rings. The quantitative estimate of drug-likeness (QED) is 0.601. The van der Waals surface area contributed by atoms with Crippen molar-refractivity contribution in [3.05, 3.63) is 41.1 Å². The van der Waals surface area contributed by atoms with Crippen LogP contribution in [0.5, 0.6) is 0 Å². The summed E-state index contributed by atoms with van der Waals surface area (Å²) in [5.41, 5.74) is 4.53. The molecule has 2 fully saturated rings. The summed E-state index contributed by atoms with van der Waals surface area (Å²) in [5, 5.41) is 17.7. The van der Waals surface area contributed by atoms with Crippen LogP contribution in [0.25, 0.3) is 11.3 Å². The van der Waals surface area contributed by atoms with Gasteiger partial charge in [0.1, 0.15) is 0 Å². The Morgan fingerprint density at radius 3 is 2.67 bits per heavy atom. The first-order valence-electron chi connectivity index (χ1n) is 11.7. The summed E-state index contributed by atoms with van der Waals surface area (Å²) in [5.74, 6) is 0.303. The van der Waals surface area contributed by atoms with Crippen molar-refractivity contribution >= 4 is 16.5 Å². The number of hydrogen-bond donors (Lipinski definition) is 3. The van der Waals surface area contributed by atoms with Crippen LogP contribution in [0.4, 0.5) is 0 Å². The number of carbonyl (C=O) groups is 1. The molecule has 1 aromatic carbocycles. The number of nitriles is 1. The number of hydrogen-bond acceptors (Lipinski definition) is 5. The summed E-state index contributed by atoms with van der Waals surface area (Å²) < 4.78 is 21.6. The molecule has 5 rings (SSSR count). The molecule has 1 atom stereocenters. The van der Waals surface area contributed by atoms with Crippen molar-refractivity contribution in [1.29, 1.82) is 5.26 Å². The molecule has 2 heterocycles. The lowest BCUT2D eigenvalue weighted by molar-refractivity contribution is -0.126. The number of carbonyl (C=O) groups excluding carboxylic acids is 1. The SMILES string of the molecule is CC(C)n1nc(-c2cccc(C3(C#N)CC3)c2)c2c1CC(C(=O)NC1(C)CS(O)(O)C1)CC2. The van der Waals surface area contributed by atoms with Gasteiger partial charge in [0.2, 0.25) is 5.91 Å². The molecule has 8 heteroatoms. The molecule has 2 aliphatic carbocycles. The minimum absolute atomic E-state index is 0.0113. The van der Waals surface area contributed by atoms with E-state index in [1.165, 1.54) is 5.56 Å². The molecule has 33 heavy (non-hydrogen) atoms. The van der Waals surface area contributed by atoms with Gasteiger partial charge in [0.25, 0.3) is 0 Å². The normalized spacial score (nSPS) is 24.8. The van der Waals surface area contributed by atoms with E-state index in [1.807, 2.05) is 19.1 Å². The minimum atomic E-state index is -2.52. The third-order valence-corrected chi connectivity index (χ3v) is 9.54. The van der Waals surface area contributed by atoms with E-state index in [9.17, 15) is 19.2 Å². The molecular weight excluding hydrogens is 436 g/mol. The maximum Gasteiger partial charge on any atom is 0.224 e. The number of aromatic nitrogens is 2. The number of rotatable bonds is 5. The van der Waals surface area contributed by atoms with Gasteiger partial charge in [-0.05, 0) is 58.1 Å². The highest BCUT2D eigenvalue weighted by molar-refractivity contribution is 8.25. The van der Waals surface area contributed by atoms with E-state index in [1.54, 1.807) is 0 Å². The molecule has 3 N–H and O–H groups in total. The van der Waals surface area contributed by atoms with Gasteiger partial charge in [-0.3, -0.25) is 18.6 Å². The van der Waals surface area contributed by atoms with E-state index < -0.39 is 16.1 Å². The monoisotopic (exact) mass is 468 g/mol. The van der Waals surface area contributed by atoms with Crippen LogP contribution < -0.4 is 5.32 Å². The van der Waals surface area contributed by atoms with Crippen molar-refractivity contribution in [1.82, 2.24) is 15.1 Å². The first-order chi connectivity index (χ1) is 15.5. The topological polar surface area (TPSA) is 111 Å². The molecule has 2 aromatic rings. The third-order valence-electron chi connectivity index (χ3n) is 7.34. The van der Waals surface area contributed by atoms with E-state index in [2.05, 4.69) is 42.0 Å². The van der Waals surface area contributed by atoms with E-state index >= 15 is 0 Å². The second kappa shape index (κ2) is 7.59. The summed E-state index contributed by atoms with van der Waals surface area (Å²) in [7, 11) is -2.52. The average Bonchev–Trinajstić information content (AvgIpc) is 3.45. The fourth-order valence-corrected chi connectivity index (χ4v) is 7.62. The summed E-state index contributed by atoms with van der Waals surface area (Å²) in [6.07, 6.45) is 3.96. The molecule has 176 valence electrons. The van der Waals surface area contributed by atoms with E-state index in [0.717, 1.165) is 48.2 Å². The first-order valence-corrected chi connectivity index (χ1v) is 13.6. The van der Waals surface area contributed by atoms with Crippen LogP contribution in [-0.2, 0) is 23.1 Å². The lowest BCUT2D eigenvalue weighted by atomic mass is 9.84. The Morgan fingerprint density at radius 2 is 2.06 bits per heavy atom. The summed E-state index contributed by atoms with van der Waals surface area (Å²) in [4.78, 5) is 13.1. The van der Waals surface area contributed by atoms with Crippen LogP contribution in [0.1, 0.15) is 62.9 Å². The van der Waals surface area contributed by atoms with Gasteiger partial charge in [-0.2, -0.15) is 21.0 Å². The van der Waals surface area contributed by atoms with Crippen molar-refractivity contribution in [2.45, 2.75) is 69.9 Å². The zero-order valence-corrected chi connectivity index (χ0v) is 20.3. The van der Waals surface area contributed by atoms with Gasteiger partial charge >= 0.3 is 0 Å². The van der Waals surface area contributed by atoms with E-state index in [4.69, 9.17) is 5.10 Å². The fraction of sp³-hybridized carbons (Fsp3) is 0.560. The molecule has 0 radical (unpaired) electrons. The van der Waals surface area contributed by atoms with Gasteiger partial charge in [0.05, 0.1) is 34.2 Å². The molecule has 0 bridgehead atoms. The predicted octanol–water partition coefficient (Wildman–Crippen LogP) is 4.43. The Labute approximate surface area is 196 Å². The molecular formula is C25H32N4O3S. The molecule has 0 spiro atoms. The summed E-state index contributed by atoms with van der Waals surface area (Å²) in [6, 6.07) is 10.9. The largest absolute Gasteiger partial charge is 0.348 e. The standard InChI is InChI=1S/C25H32N4O3S/c1-16(2)29-21-12-18(23(30)27-24(3)14-33(31,32)15-24)7-8-20(21)22(28-29)17-5-4-6-19(11-17)25(13-26)9-10-25/h4-6,11,16,18,31-32H,7-10,12,14-15H2,1-3H3,(H,27,30). The van der Waals surface area contributed by atoms with Gasteiger partial charge in [0.15, 0.2) is 0 Å². The molecule has 7 nitrogen and oxygen atoms in total. The smallest absolute Gasteiger partial charge is 0.224 e. The van der Waals surface area contributed by atoms with Gasteiger partial charge in [-0.25, -0.2) is 0 Å². The number of nitrogens with zero attached hydrogens (tertiary/aromatic N) is 3. The maximum atomic E-state index is 13.1. The van der Waals surface area contributed by atoms with Crippen LogP contribution in [0.15, 0.2) is 24.3 Å². The Morgan fingerprint density at radius 1 is 1.33 bits per heavy atom. The van der Waals surface area contributed by atoms with Crippen molar-refractivity contribution in [2.24, 2.45) is 5.92 Å². The van der Waals surface area contributed by atoms with Crippen molar-refractivity contribution in [3.63, 3.8) is 0 Å². The first kappa shape index (κ1) is 22.5. The molecule has 1 unspecified atom stereocenters. The van der Waals surface area contributed by atoms with Gasteiger partial charge in [-0.1, -0.05) is 18.2 Å². The minimum Gasteiger partial charge on any atom is -0.348 e. The Balaban J connectivity index is 1.41. The summed E-state index contributed by atoms with van der Waals surface area (Å²) in [6.45, 7) is 6.09. The number of amides is 1. The number of benzene rings is 1. The second-order valence-electron chi connectivity index (χ2n) is 10.7. The highest BCUT2D eigenvalue weighted by Crippen LogP contribution is 2.54. The summed E-state index contributed by atoms with van der Waals surface area (Å²) >= 11 is 0. The zero-order valence-electron chi connectivity index (χ0n) is 19.5. The van der Waals surface area contributed by atoms with E-state index in [0.29, 0.717) is 6.42 Å². The molecule has 1 aliphatic heterocycles. The predicted molar refractivity (Wildman–Crippen MR) is 129 cm³/mol. The van der Waals surface area contributed by atoms with Crippen LogP contribution in [-0.4, -0.2) is 41.8 Å². The maximum absolute atomic E-state index is 13.1. The fourth-order valence-electron chi connectivity index (χ4n) is 5.52. The second-order valence-corrected chi connectivity index (χ2v) is 12.8. The molecule has 1 saturated heterocycles. The Hall–Kier alpha value is -2.34. The highest BCUT2D eigenvalue weighted by Gasteiger charge is 2.47. The third kappa shape index (κ3) is 3.96. The van der Waals surface area contributed by atoms with Gasteiger partial charge < -0.3 is 5.32 Å². The van der Waals surface area contributed by atoms with Gasteiger partial charge in [0, 0.05) is 35.2 Å².